The molecule has 0 aromatic heterocycles. The minimum Gasteiger partial charge on any atom is -0.289 e. The highest BCUT2D eigenvalue weighted by Gasteiger charge is 2.29. The molecule has 2 aromatic rings. The maximum absolute atomic E-state index is 12.6. The molecule has 0 bridgehead atoms. The molecule has 0 fully saturated rings. The quantitative estimate of drug-likeness (QED) is 0.320. The molecule has 0 radical (unpaired) electrons. The molecule has 0 saturated heterocycles. The van der Waals surface area contributed by atoms with Gasteiger partial charge in [0.1, 0.15) is 10.9 Å². The molecule has 0 spiro atoms. The zero-order valence-corrected chi connectivity index (χ0v) is 18.2. The summed E-state index contributed by atoms with van der Waals surface area (Å²) in [6.07, 6.45) is 0. The lowest BCUT2D eigenvalue weighted by atomic mass is 10.3. The molecule has 2 aromatic carbocycles. The molecule has 0 aliphatic rings. The van der Waals surface area contributed by atoms with Gasteiger partial charge in [0.15, 0.2) is 0 Å². The Balaban J connectivity index is 2.25. The fraction of sp³-hybridized carbons (Fsp3) is 0.133. The van der Waals surface area contributed by atoms with E-state index in [1.807, 2.05) is 4.72 Å². The van der Waals surface area contributed by atoms with Crippen LogP contribution in [0.4, 0.5) is 0 Å². The van der Waals surface area contributed by atoms with Gasteiger partial charge in [0, 0.05) is 16.6 Å². The normalized spacial score (nSPS) is 13.1. The highest BCUT2D eigenvalue weighted by Crippen LogP contribution is 2.25. The number of rotatable bonds is 8. The smallest absolute Gasteiger partial charge is 0.262 e. The van der Waals surface area contributed by atoms with Crippen molar-refractivity contribution in [3.8, 4) is 0 Å². The van der Waals surface area contributed by atoms with Crippen LogP contribution in [0.15, 0.2) is 52.3 Å². The summed E-state index contributed by atoms with van der Waals surface area (Å²) in [6, 6.07) is 7.09. The molecule has 14 heteroatoms. The van der Waals surface area contributed by atoms with Crippen molar-refractivity contribution in [2.24, 2.45) is 0 Å². The van der Waals surface area contributed by atoms with Gasteiger partial charge in [-0.25, -0.2) is 27.0 Å². The number of sulfonamides is 2. The van der Waals surface area contributed by atoms with Crippen LogP contribution in [0.5, 0.6) is 0 Å². The number of carbonyl (C=O) groups excluding carboxylic acids is 1. The Morgan fingerprint density at radius 3 is 2.10 bits per heavy atom. The standard InChI is InChI=1S/C15H14Cl3N3O6S2/c16-9-1-4-11(5-2-9)28(24,25)19-8-13(15(22)20-23)21-29(26,27)14-7-10(17)3-6-12(14)18/h1-7,13,19,21,23H,8H2,(H,20,22). The monoisotopic (exact) mass is 501 g/mol. The Bertz CT molecular complexity index is 1110. The molecule has 9 nitrogen and oxygen atoms in total. The van der Waals surface area contributed by atoms with Crippen molar-refractivity contribution >= 4 is 60.8 Å². The van der Waals surface area contributed by atoms with Crippen LogP contribution in [0, 0.1) is 0 Å². The number of hydroxylamine groups is 1. The van der Waals surface area contributed by atoms with Gasteiger partial charge in [-0.05, 0) is 42.5 Å². The second kappa shape index (κ2) is 9.58. The van der Waals surface area contributed by atoms with E-state index in [1.54, 1.807) is 0 Å². The van der Waals surface area contributed by atoms with Gasteiger partial charge in [0.05, 0.1) is 9.92 Å². The van der Waals surface area contributed by atoms with Crippen molar-refractivity contribution in [2.45, 2.75) is 15.8 Å². The van der Waals surface area contributed by atoms with E-state index in [1.165, 1.54) is 41.9 Å². The van der Waals surface area contributed by atoms with Crippen molar-refractivity contribution in [3.63, 3.8) is 0 Å². The summed E-state index contributed by atoms with van der Waals surface area (Å²) >= 11 is 17.4. The third-order valence-corrected chi connectivity index (χ3v) is 7.39. The van der Waals surface area contributed by atoms with Gasteiger partial charge >= 0.3 is 0 Å². The number of benzene rings is 2. The third-order valence-electron chi connectivity index (χ3n) is 3.51. The van der Waals surface area contributed by atoms with E-state index in [4.69, 9.17) is 40.0 Å². The van der Waals surface area contributed by atoms with Crippen molar-refractivity contribution in [2.75, 3.05) is 6.54 Å². The first-order valence-corrected chi connectivity index (χ1v) is 11.7. The number of nitrogens with one attached hydrogen (secondary N) is 3. The van der Waals surface area contributed by atoms with E-state index >= 15 is 0 Å². The van der Waals surface area contributed by atoms with Crippen molar-refractivity contribution in [1.82, 2.24) is 14.9 Å². The van der Waals surface area contributed by atoms with Gasteiger partial charge < -0.3 is 0 Å². The molecular weight excluding hydrogens is 489 g/mol. The SMILES string of the molecule is O=C(NO)C(CNS(=O)(=O)c1ccc(Cl)cc1)NS(=O)(=O)c1cc(Cl)ccc1Cl. The van der Waals surface area contributed by atoms with Crippen molar-refractivity contribution in [3.05, 3.63) is 57.5 Å². The van der Waals surface area contributed by atoms with E-state index < -0.39 is 43.4 Å². The summed E-state index contributed by atoms with van der Waals surface area (Å²) in [7, 11) is -8.50. The van der Waals surface area contributed by atoms with Crippen LogP contribution in [-0.2, 0) is 24.8 Å². The third kappa shape index (κ3) is 6.27. The molecule has 1 unspecified atom stereocenters. The molecule has 1 atom stereocenters. The van der Waals surface area contributed by atoms with Crippen LogP contribution in [-0.4, -0.2) is 40.5 Å². The summed E-state index contributed by atoms with van der Waals surface area (Å²) in [5.74, 6) is -1.20. The van der Waals surface area contributed by atoms with Gasteiger partial charge in [-0.1, -0.05) is 34.8 Å². The maximum atomic E-state index is 12.6. The molecule has 158 valence electrons. The number of hydrogen-bond donors (Lipinski definition) is 4. The molecule has 4 N–H and O–H groups in total. The van der Waals surface area contributed by atoms with E-state index in [2.05, 4.69) is 4.72 Å². The first kappa shape index (κ1) is 23.8. The number of hydrogen-bond acceptors (Lipinski definition) is 6. The Hall–Kier alpha value is -1.44. The van der Waals surface area contributed by atoms with Crippen LogP contribution in [0.25, 0.3) is 0 Å². The van der Waals surface area contributed by atoms with Gasteiger partial charge in [-0.3, -0.25) is 10.0 Å². The highest BCUT2D eigenvalue weighted by atomic mass is 35.5. The fourth-order valence-electron chi connectivity index (χ4n) is 2.09. The van der Waals surface area contributed by atoms with Gasteiger partial charge in [-0.15, -0.1) is 0 Å². The molecule has 0 heterocycles. The lowest BCUT2D eigenvalue weighted by Crippen LogP contribution is -2.51. The van der Waals surface area contributed by atoms with E-state index in [-0.39, 0.29) is 14.9 Å². The van der Waals surface area contributed by atoms with Crippen LogP contribution in [0.1, 0.15) is 0 Å². The largest absolute Gasteiger partial charge is 0.289 e. The summed E-state index contributed by atoms with van der Waals surface area (Å²) in [6.45, 7) is -0.714. The van der Waals surface area contributed by atoms with Gasteiger partial charge in [0.25, 0.3) is 5.91 Å². The first-order valence-electron chi connectivity index (χ1n) is 7.63. The topological polar surface area (TPSA) is 142 Å². The second-order valence-corrected chi connectivity index (χ2v) is 10.3. The number of amides is 1. The summed E-state index contributed by atoms with van der Waals surface area (Å²) < 4.78 is 53.8. The lowest BCUT2D eigenvalue weighted by Gasteiger charge is -2.18. The Morgan fingerprint density at radius 1 is 0.931 bits per heavy atom. The zero-order chi connectivity index (χ0) is 21.8. The second-order valence-electron chi connectivity index (χ2n) is 5.53. The van der Waals surface area contributed by atoms with Crippen molar-refractivity contribution < 1.29 is 26.8 Å². The molecule has 0 aliphatic heterocycles. The molecule has 0 aliphatic carbocycles. The molecule has 29 heavy (non-hydrogen) atoms. The van der Waals surface area contributed by atoms with Crippen molar-refractivity contribution in [1.29, 1.82) is 0 Å². The maximum Gasteiger partial charge on any atom is 0.262 e. The van der Waals surface area contributed by atoms with Crippen LogP contribution < -0.4 is 14.9 Å². The van der Waals surface area contributed by atoms with Crippen LogP contribution in [0.2, 0.25) is 15.1 Å². The predicted octanol–water partition coefficient (Wildman–Crippen LogP) is 1.78. The van der Waals surface area contributed by atoms with Gasteiger partial charge in [0.2, 0.25) is 20.0 Å². The van der Waals surface area contributed by atoms with Gasteiger partial charge in [-0.2, -0.15) is 4.72 Å². The minimum absolute atomic E-state index is 0.0707. The average molecular weight is 503 g/mol. The first-order chi connectivity index (χ1) is 13.5. The molecule has 0 saturated carbocycles. The summed E-state index contributed by atoms with van der Waals surface area (Å²) in [5, 5.41) is 9.08. The minimum atomic E-state index is -4.40. The lowest BCUT2D eigenvalue weighted by molar-refractivity contribution is -0.130. The summed E-state index contributed by atoms with van der Waals surface area (Å²) in [5.41, 5.74) is 1.27. The predicted molar refractivity (Wildman–Crippen MR) is 107 cm³/mol. The molecular formula is C15H14Cl3N3O6S2. The Kier molecular flexibility index (Phi) is 7.87. The Morgan fingerprint density at radius 2 is 1.52 bits per heavy atom. The number of carbonyl (C=O) groups is 1. The van der Waals surface area contributed by atoms with Crippen LogP contribution in [0.3, 0.4) is 0 Å². The summed E-state index contributed by atoms with van der Waals surface area (Å²) in [4.78, 5) is 11.3. The fourth-order valence-corrected chi connectivity index (χ4v) is 5.22. The Labute approximate surface area is 182 Å². The molecule has 1 amide bonds. The average Bonchev–Trinajstić information content (AvgIpc) is 2.66. The van der Waals surface area contributed by atoms with E-state index in [0.29, 0.717) is 5.02 Å². The van der Waals surface area contributed by atoms with E-state index in [0.717, 1.165) is 6.07 Å². The number of halogens is 3. The molecule has 2 rings (SSSR count). The van der Waals surface area contributed by atoms with E-state index in [9.17, 15) is 21.6 Å². The van der Waals surface area contributed by atoms with Crippen LogP contribution >= 0.6 is 34.8 Å². The highest BCUT2D eigenvalue weighted by molar-refractivity contribution is 7.90. The zero-order valence-electron chi connectivity index (χ0n) is 14.3.